The summed E-state index contributed by atoms with van der Waals surface area (Å²) < 4.78 is 12.2. The second-order valence-corrected chi connectivity index (χ2v) is 8.81. The number of hydrogen-bond donors (Lipinski definition) is 1. The number of benzene rings is 3. The molecule has 0 unspecified atom stereocenters. The highest BCUT2D eigenvalue weighted by Crippen LogP contribution is 2.27. The van der Waals surface area contributed by atoms with E-state index >= 15 is 0 Å². The first-order valence-corrected chi connectivity index (χ1v) is 12.2. The SMILES string of the molecule is COc1ccc(CCNC(=O)CSc2nc3ccccc3c(=O)n2Cc2ccccc2)cc1OC. The van der Waals surface area contributed by atoms with Crippen molar-refractivity contribution in [2.24, 2.45) is 0 Å². The molecule has 35 heavy (non-hydrogen) atoms. The van der Waals surface area contributed by atoms with E-state index in [-0.39, 0.29) is 17.2 Å². The van der Waals surface area contributed by atoms with Gasteiger partial charge in [0.15, 0.2) is 16.7 Å². The zero-order valence-electron chi connectivity index (χ0n) is 19.7. The maximum atomic E-state index is 13.2. The number of fused-ring (bicyclic) bond motifs is 1. The number of carbonyl (C=O) groups is 1. The van der Waals surface area contributed by atoms with Gasteiger partial charge in [-0.1, -0.05) is 60.3 Å². The number of carbonyl (C=O) groups excluding carboxylic acids is 1. The molecule has 0 bridgehead atoms. The zero-order chi connectivity index (χ0) is 24.6. The number of nitrogens with zero attached hydrogens (tertiary/aromatic N) is 2. The first-order valence-electron chi connectivity index (χ1n) is 11.2. The number of hydrogen-bond acceptors (Lipinski definition) is 6. The zero-order valence-corrected chi connectivity index (χ0v) is 20.5. The molecule has 1 N–H and O–H groups in total. The van der Waals surface area contributed by atoms with Crippen LogP contribution in [0.1, 0.15) is 11.1 Å². The van der Waals surface area contributed by atoms with Crippen LogP contribution in [0, 0.1) is 0 Å². The normalized spacial score (nSPS) is 10.8. The summed E-state index contributed by atoms with van der Waals surface area (Å²) >= 11 is 1.26. The van der Waals surface area contributed by atoms with Gasteiger partial charge in [0.25, 0.3) is 5.56 Å². The van der Waals surface area contributed by atoms with Crippen LogP contribution >= 0.6 is 11.8 Å². The van der Waals surface area contributed by atoms with E-state index in [0.717, 1.165) is 11.1 Å². The summed E-state index contributed by atoms with van der Waals surface area (Å²) in [5.74, 6) is 1.36. The largest absolute Gasteiger partial charge is 0.493 e. The lowest BCUT2D eigenvalue weighted by Gasteiger charge is -2.13. The van der Waals surface area contributed by atoms with Crippen LogP contribution in [0.25, 0.3) is 10.9 Å². The summed E-state index contributed by atoms with van der Waals surface area (Å²) in [4.78, 5) is 30.5. The maximum Gasteiger partial charge on any atom is 0.262 e. The van der Waals surface area contributed by atoms with Gasteiger partial charge in [0.2, 0.25) is 5.91 Å². The van der Waals surface area contributed by atoms with E-state index < -0.39 is 0 Å². The molecule has 1 amide bonds. The summed E-state index contributed by atoms with van der Waals surface area (Å²) in [6.45, 7) is 0.873. The van der Waals surface area contributed by atoms with Crippen molar-refractivity contribution >= 4 is 28.6 Å². The minimum atomic E-state index is -0.121. The van der Waals surface area contributed by atoms with Crippen LogP contribution in [-0.4, -0.2) is 42.0 Å². The van der Waals surface area contributed by atoms with Crippen molar-refractivity contribution in [2.45, 2.75) is 18.1 Å². The molecule has 4 rings (SSSR count). The Morgan fingerprint density at radius 3 is 2.46 bits per heavy atom. The number of para-hydroxylation sites is 1. The van der Waals surface area contributed by atoms with Gasteiger partial charge in [-0.2, -0.15) is 0 Å². The van der Waals surface area contributed by atoms with Gasteiger partial charge in [0, 0.05) is 6.54 Å². The molecule has 0 radical (unpaired) electrons. The summed E-state index contributed by atoms with van der Waals surface area (Å²) in [6, 6.07) is 22.7. The lowest BCUT2D eigenvalue weighted by atomic mass is 10.1. The highest BCUT2D eigenvalue weighted by molar-refractivity contribution is 7.99. The van der Waals surface area contributed by atoms with Gasteiger partial charge < -0.3 is 14.8 Å². The predicted molar refractivity (Wildman–Crippen MR) is 139 cm³/mol. The van der Waals surface area contributed by atoms with Crippen LogP contribution in [0.4, 0.5) is 0 Å². The third-order valence-electron chi connectivity index (χ3n) is 5.53. The standard InChI is InChI=1S/C27H27N3O4S/c1-33-23-13-12-19(16-24(23)34-2)14-15-28-25(31)18-35-27-29-22-11-7-6-10-21(22)26(32)30(27)17-20-8-4-3-5-9-20/h3-13,16H,14-15,17-18H2,1-2H3,(H,28,31). The fourth-order valence-corrected chi connectivity index (χ4v) is 4.56. The summed E-state index contributed by atoms with van der Waals surface area (Å²) in [6.07, 6.45) is 0.656. The Hall–Kier alpha value is -3.78. The van der Waals surface area contributed by atoms with E-state index in [2.05, 4.69) is 10.3 Å². The van der Waals surface area contributed by atoms with Crippen molar-refractivity contribution in [1.29, 1.82) is 0 Å². The van der Waals surface area contributed by atoms with Gasteiger partial charge in [0.05, 0.1) is 37.4 Å². The molecule has 1 aromatic heterocycles. The van der Waals surface area contributed by atoms with E-state index in [0.29, 0.717) is 47.1 Å². The lowest BCUT2D eigenvalue weighted by molar-refractivity contribution is -0.118. The number of rotatable bonds is 10. The van der Waals surface area contributed by atoms with Crippen molar-refractivity contribution < 1.29 is 14.3 Å². The Bertz CT molecular complexity index is 1370. The molecule has 0 fully saturated rings. The van der Waals surface area contributed by atoms with Gasteiger partial charge in [0.1, 0.15) is 0 Å². The third kappa shape index (κ3) is 6.02. The highest BCUT2D eigenvalue weighted by Gasteiger charge is 2.14. The van der Waals surface area contributed by atoms with Crippen LogP contribution in [0.5, 0.6) is 11.5 Å². The average Bonchev–Trinajstić information content (AvgIpc) is 2.89. The molecule has 0 atom stereocenters. The van der Waals surface area contributed by atoms with Gasteiger partial charge in [-0.25, -0.2) is 4.98 Å². The molecule has 0 spiro atoms. The van der Waals surface area contributed by atoms with E-state index in [1.807, 2.05) is 66.7 Å². The first-order chi connectivity index (χ1) is 17.1. The molecule has 0 aliphatic rings. The summed E-state index contributed by atoms with van der Waals surface area (Å²) in [7, 11) is 3.19. The molecule has 0 aliphatic heterocycles. The van der Waals surface area contributed by atoms with E-state index in [1.54, 1.807) is 24.9 Å². The van der Waals surface area contributed by atoms with Crippen molar-refractivity contribution in [3.63, 3.8) is 0 Å². The average molecular weight is 490 g/mol. The van der Waals surface area contributed by atoms with Crippen molar-refractivity contribution in [3.05, 3.63) is 94.3 Å². The quantitative estimate of drug-likeness (QED) is 0.269. The molecule has 3 aromatic carbocycles. The summed E-state index contributed by atoms with van der Waals surface area (Å²) in [5, 5.41) is 4.02. The first kappa shape index (κ1) is 24.3. The molecule has 1 heterocycles. The highest BCUT2D eigenvalue weighted by atomic mass is 32.2. The fraction of sp³-hybridized carbons (Fsp3) is 0.222. The number of nitrogens with one attached hydrogen (secondary N) is 1. The van der Waals surface area contributed by atoms with Crippen LogP contribution in [0.15, 0.2) is 82.7 Å². The Morgan fingerprint density at radius 2 is 1.69 bits per heavy atom. The Kier molecular flexibility index (Phi) is 8.05. The molecular weight excluding hydrogens is 462 g/mol. The van der Waals surface area contributed by atoms with Crippen LogP contribution in [-0.2, 0) is 17.8 Å². The number of aromatic nitrogens is 2. The Morgan fingerprint density at radius 1 is 0.943 bits per heavy atom. The Balaban J connectivity index is 1.43. The van der Waals surface area contributed by atoms with Gasteiger partial charge in [-0.05, 0) is 41.8 Å². The molecule has 0 aliphatic carbocycles. The second-order valence-electron chi connectivity index (χ2n) is 7.87. The smallest absolute Gasteiger partial charge is 0.262 e. The van der Waals surface area contributed by atoms with Crippen LogP contribution < -0.4 is 20.3 Å². The number of ether oxygens (including phenoxy) is 2. The minimum Gasteiger partial charge on any atom is -0.493 e. The molecular formula is C27H27N3O4S. The molecule has 0 saturated heterocycles. The number of amides is 1. The third-order valence-corrected chi connectivity index (χ3v) is 6.50. The van der Waals surface area contributed by atoms with Crippen LogP contribution in [0.3, 0.4) is 0 Å². The van der Waals surface area contributed by atoms with Crippen molar-refractivity contribution in [2.75, 3.05) is 26.5 Å². The summed E-state index contributed by atoms with van der Waals surface area (Å²) in [5.41, 5.74) is 2.53. The molecule has 0 saturated carbocycles. The number of thioether (sulfide) groups is 1. The number of methoxy groups -OCH3 is 2. The maximum absolute atomic E-state index is 13.2. The predicted octanol–water partition coefficient (Wildman–Crippen LogP) is 3.91. The van der Waals surface area contributed by atoms with Crippen molar-refractivity contribution in [1.82, 2.24) is 14.9 Å². The molecule has 4 aromatic rings. The van der Waals surface area contributed by atoms with Crippen molar-refractivity contribution in [3.8, 4) is 11.5 Å². The Labute approximate surface area is 208 Å². The lowest BCUT2D eigenvalue weighted by Crippen LogP contribution is -2.28. The molecule has 8 heteroatoms. The fourth-order valence-electron chi connectivity index (χ4n) is 3.73. The second kappa shape index (κ2) is 11.6. The van der Waals surface area contributed by atoms with Gasteiger partial charge in [-0.3, -0.25) is 14.2 Å². The van der Waals surface area contributed by atoms with Gasteiger partial charge in [-0.15, -0.1) is 0 Å². The van der Waals surface area contributed by atoms with E-state index in [9.17, 15) is 9.59 Å². The monoisotopic (exact) mass is 489 g/mol. The minimum absolute atomic E-state index is 0.115. The molecule has 180 valence electrons. The van der Waals surface area contributed by atoms with Gasteiger partial charge >= 0.3 is 0 Å². The topological polar surface area (TPSA) is 82.5 Å². The van der Waals surface area contributed by atoms with E-state index in [1.165, 1.54) is 11.8 Å². The molecule has 7 nitrogen and oxygen atoms in total. The van der Waals surface area contributed by atoms with Crippen LogP contribution in [0.2, 0.25) is 0 Å². The van der Waals surface area contributed by atoms with E-state index in [4.69, 9.17) is 9.47 Å².